The molecule has 2 heterocycles. The van der Waals surface area contributed by atoms with Crippen LogP contribution in [0.2, 0.25) is 25.7 Å². The van der Waals surface area contributed by atoms with Crippen molar-refractivity contribution in [2.75, 3.05) is 6.61 Å². The second kappa shape index (κ2) is 6.71. The first-order valence-electron chi connectivity index (χ1n) is 8.73. The van der Waals surface area contributed by atoms with Crippen LogP contribution in [0.4, 0.5) is 0 Å². The zero-order valence-corrected chi connectivity index (χ0v) is 16.3. The van der Waals surface area contributed by atoms with Gasteiger partial charge in [0.05, 0.1) is 8.91 Å². The predicted octanol–water partition coefficient (Wildman–Crippen LogP) is 4.34. The monoisotopic (exact) mass is 393 g/mol. The van der Waals surface area contributed by atoms with E-state index in [1.807, 2.05) is 18.3 Å². The van der Waals surface area contributed by atoms with E-state index in [1.54, 1.807) is 0 Å². The molecule has 0 saturated heterocycles. The van der Waals surface area contributed by atoms with E-state index in [-0.39, 0.29) is 19.1 Å². The van der Waals surface area contributed by atoms with Gasteiger partial charge in [-0.2, -0.15) is 5.10 Å². The third kappa shape index (κ3) is 4.19. The first kappa shape index (κ1) is 14.1. The lowest BCUT2D eigenvalue weighted by atomic mass is 10.0. The minimum absolute atomic E-state index is 0.117. The van der Waals surface area contributed by atoms with Crippen molar-refractivity contribution >= 4 is 29.6 Å². The molecule has 0 bridgehead atoms. The van der Waals surface area contributed by atoms with E-state index in [1.165, 1.54) is 4.68 Å². The molecule has 0 fully saturated rings. The molecule has 1 aliphatic rings. The summed E-state index contributed by atoms with van der Waals surface area (Å²) in [6.07, 6.45) is 4.99. The first-order valence-corrected chi connectivity index (χ1v) is 12.2. The number of hydrogen-bond acceptors (Lipinski definition) is 3. The summed E-state index contributed by atoms with van der Waals surface area (Å²) in [5, 5.41) is 4.20. The summed E-state index contributed by atoms with van der Waals surface area (Å²) >= 11 is 3.40. The van der Waals surface area contributed by atoms with Gasteiger partial charge >= 0.3 is 0 Å². The SMILES string of the molecule is [2H]c1nn(COCC[Si](C)(C)C)c([2H])c1C1=CCc2cnc(Br)cc21. The number of rotatable bonds is 6. The van der Waals surface area contributed by atoms with Gasteiger partial charge in [-0.25, -0.2) is 9.67 Å². The van der Waals surface area contributed by atoms with Crippen LogP contribution >= 0.6 is 15.9 Å². The summed E-state index contributed by atoms with van der Waals surface area (Å²) in [6, 6.07) is 3.01. The summed E-state index contributed by atoms with van der Waals surface area (Å²) in [4.78, 5) is 4.25. The fourth-order valence-corrected chi connectivity index (χ4v) is 3.52. The van der Waals surface area contributed by atoms with E-state index in [4.69, 9.17) is 7.48 Å². The summed E-state index contributed by atoms with van der Waals surface area (Å²) < 4.78 is 24.5. The number of nitrogens with zero attached hydrogens (tertiary/aromatic N) is 3. The second-order valence-corrected chi connectivity index (χ2v) is 13.4. The summed E-state index contributed by atoms with van der Waals surface area (Å²) in [7, 11) is -1.14. The molecule has 0 radical (unpaired) electrons. The van der Waals surface area contributed by atoms with E-state index in [2.05, 4.69) is 45.7 Å². The van der Waals surface area contributed by atoms with Gasteiger partial charge in [-0.1, -0.05) is 25.7 Å². The Balaban J connectivity index is 1.79. The Morgan fingerprint density at radius 2 is 2.26 bits per heavy atom. The highest BCUT2D eigenvalue weighted by Gasteiger charge is 2.18. The van der Waals surface area contributed by atoms with Gasteiger partial charge in [-0.15, -0.1) is 0 Å². The number of halogens is 1. The number of hydrogen-bond donors (Lipinski definition) is 0. The largest absolute Gasteiger partial charge is 0.360 e. The van der Waals surface area contributed by atoms with Crippen molar-refractivity contribution in [2.24, 2.45) is 0 Å². The molecule has 0 saturated carbocycles. The second-order valence-electron chi connectivity index (χ2n) is 6.93. The van der Waals surface area contributed by atoms with Crippen LogP contribution in [0.15, 0.2) is 35.3 Å². The van der Waals surface area contributed by atoms with Gasteiger partial charge in [0.2, 0.25) is 0 Å². The average molecular weight is 394 g/mol. The highest BCUT2D eigenvalue weighted by molar-refractivity contribution is 9.10. The highest BCUT2D eigenvalue weighted by atomic mass is 79.9. The topological polar surface area (TPSA) is 39.9 Å². The van der Waals surface area contributed by atoms with Crippen LogP contribution in [-0.2, 0) is 17.9 Å². The molecule has 2 aromatic heterocycles. The van der Waals surface area contributed by atoms with Crippen molar-refractivity contribution in [3.63, 3.8) is 0 Å². The van der Waals surface area contributed by atoms with Crippen molar-refractivity contribution in [3.8, 4) is 0 Å². The lowest BCUT2D eigenvalue weighted by molar-refractivity contribution is 0.0786. The number of ether oxygens (including phenoxy) is 1. The van der Waals surface area contributed by atoms with Crippen molar-refractivity contribution in [3.05, 3.63) is 52.0 Å². The van der Waals surface area contributed by atoms with Crippen LogP contribution in [-0.4, -0.2) is 29.4 Å². The molecule has 0 unspecified atom stereocenters. The molecule has 6 heteroatoms. The number of pyridine rings is 1. The Kier molecular flexibility index (Phi) is 4.12. The van der Waals surface area contributed by atoms with Crippen LogP contribution in [0.1, 0.15) is 19.4 Å². The lowest BCUT2D eigenvalue weighted by Gasteiger charge is -2.15. The van der Waals surface area contributed by atoms with E-state index >= 15 is 0 Å². The fourth-order valence-electron chi connectivity index (χ4n) is 2.43. The molecule has 0 atom stereocenters. The van der Waals surface area contributed by atoms with Gasteiger partial charge in [0.1, 0.15) is 11.3 Å². The van der Waals surface area contributed by atoms with Crippen LogP contribution in [0, 0.1) is 0 Å². The minimum Gasteiger partial charge on any atom is -0.360 e. The maximum absolute atomic E-state index is 8.43. The van der Waals surface area contributed by atoms with Gasteiger partial charge in [-0.05, 0) is 51.2 Å². The smallest absolute Gasteiger partial charge is 0.139 e. The Morgan fingerprint density at radius 1 is 1.43 bits per heavy atom. The Morgan fingerprint density at radius 3 is 3.04 bits per heavy atom. The molecule has 4 nitrogen and oxygen atoms in total. The Hall–Kier alpha value is -1.24. The summed E-state index contributed by atoms with van der Waals surface area (Å²) in [5.74, 6) is 0. The van der Waals surface area contributed by atoms with Crippen molar-refractivity contribution in [2.45, 2.75) is 38.8 Å². The molecule has 3 rings (SSSR count). The Bertz CT molecular complexity index is 830. The zero-order chi connectivity index (χ0) is 18.2. The molecule has 0 spiro atoms. The highest BCUT2D eigenvalue weighted by Crippen LogP contribution is 2.33. The zero-order valence-electron chi connectivity index (χ0n) is 15.7. The quantitative estimate of drug-likeness (QED) is 0.416. The normalized spacial score (nSPS) is 15.2. The van der Waals surface area contributed by atoms with Gasteiger partial charge in [0.25, 0.3) is 0 Å². The maximum Gasteiger partial charge on any atom is 0.139 e. The van der Waals surface area contributed by atoms with E-state index in [0.717, 1.165) is 33.8 Å². The number of aromatic nitrogens is 3. The van der Waals surface area contributed by atoms with Crippen LogP contribution < -0.4 is 0 Å². The summed E-state index contributed by atoms with van der Waals surface area (Å²) in [5.41, 5.74) is 3.58. The van der Waals surface area contributed by atoms with Crippen molar-refractivity contribution in [1.82, 2.24) is 14.8 Å². The lowest BCUT2D eigenvalue weighted by Crippen LogP contribution is -2.22. The molecule has 23 heavy (non-hydrogen) atoms. The first-order chi connectivity index (χ1) is 11.8. The van der Waals surface area contributed by atoms with E-state index < -0.39 is 8.07 Å². The third-order valence-corrected chi connectivity index (χ3v) is 5.91. The molecule has 0 N–H and O–H groups in total. The number of fused-ring (bicyclic) bond motifs is 1. The van der Waals surface area contributed by atoms with Crippen LogP contribution in [0.5, 0.6) is 0 Å². The Labute approximate surface area is 149 Å². The summed E-state index contributed by atoms with van der Waals surface area (Å²) in [6.45, 7) is 7.79. The molecule has 0 amide bonds. The average Bonchev–Trinajstić information content (AvgIpc) is 3.03. The maximum atomic E-state index is 8.43. The van der Waals surface area contributed by atoms with Gasteiger partial charge in [-0.3, -0.25) is 0 Å². The van der Waals surface area contributed by atoms with E-state index in [9.17, 15) is 0 Å². The fraction of sp³-hybridized carbons (Fsp3) is 0.412. The van der Waals surface area contributed by atoms with Gasteiger partial charge in [0.15, 0.2) is 0 Å². The van der Waals surface area contributed by atoms with E-state index in [0.29, 0.717) is 12.2 Å². The molecule has 0 aliphatic heterocycles. The van der Waals surface area contributed by atoms with Crippen molar-refractivity contribution in [1.29, 1.82) is 0 Å². The van der Waals surface area contributed by atoms with Gasteiger partial charge in [0, 0.05) is 32.6 Å². The standard InChI is InChI=1S/C17H22BrN3OSi/c1-23(2,3)7-6-22-12-21-11-14(10-20-21)15-5-4-13-9-19-17(18)8-16(13)15/h5,8-11H,4,6-7,12H2,1-3H3/i10D,11D. The molecule has 0 aromatic carbocycles. The molecule has 2 aromatic rings. The van der Waals surface area contributed by atoms with Crippen LogP contribution in [0.3, 0.4) is 0 Å². The minimum atomic E-state index is -1.14. The van der Waals surface area contributed by atoms with Gasteiger partial charge < -0.3 is 4.74 Å². The predicted molar refractivity (Wildman–Crippen MR) is 99.1 cm³/mol. The molecular weight excluding hydrogens is 370 g/mol. The third-order valence-electron chi connectivity index (χ3n) is 3.77. The molecule has 122 valence electrons. The molecular formula is C17H22BrN3OSi. The van der Waals surface area contributed by atoms with Crippen LogP contribution in [0.25, 0.3) is 5.57 Å². The number of allylic oxidation sites excluding steroid dienone is 1. The molecule has 1 aliphatic carbocycles. The van der Waals surface area contributed by atoms with Crippen molar-refractivity contribution < 1.29 is 7.48 Å².